The second-order valence-electron chi connectivity index (χ2n) is 4.97. The Morgan fingerprint density at radius 3 is 2.50 bits per heavy atom. The SMILES string of the molecule is COc1c(C=CC(=O)c2ccc(F)cc2)cc2c(c1OC)OCO2. The van der Waals surface area contributed by atoms with E-state index in [0.29, 0.717) is 34.1 Å². The Labute approximate surface area is 138 Å². The van der Waals surface area contributed by atoms with Crippen molar-refractivity contribution in [2.45, 2.75) is 0 Å². The number of methoxy groups -OCH3 is 2. The van der Waals surface area contributed by atoms with Crippen molar-refractivity contribution in [3.63, 3.8) is 0 Å². The van der Waals surface area contributed by atoms with Crippen LogP contribution in [-0.4, -0.2) is 26.8 Å². The number of benzene rings is 2. The van der Waals surface area contributed by atoms with Gasteiger partial charge in [-0.05, 0) is 42.5 Å². The van der Waals surface area contributed by atoms with Crippen LogP contribution in [0.3, 0.4) is 0 Å². The highest BCUT2D eigenvalue weighted by atomic mass is 19.1. The van der Waals surface area contributed by atoms with Crippen LogP contribution in [0.5, 0.6) is 23.0 Å². The highest BCUT2D eigenvalue weighted by Crippen LogP contribution is 2.49. The number of rotatable bonds is 5. The van der Waals surface area contributed by atoms with Crippen molar-refractivity contribution in [2.75, 3.05) is 21.0 Å². The molecule has 1 aliphatic rings. The van der Waals surface area contributed by atoms with Gasteiger partial charge in [-0.3, -0.25) is 4.79 Å². The normalized spacial score (nSPS) is 12.5. The van der Waals surface area contributed by atoms with Gasteiger partial charge in [0, 0.05) is 11.1 Å². The van der Waals surface area contributed by atoms with Crippen LogP contribution in [0.1, 0.15) is 15.9 Å². The van der Waals surface area contributed by atoms with Crippen LogP contribution in [0.4, 0.5) is 4.39 Å². The third kappa shape index (κ3) is 2.90. The summed E-state index contributed by atoms with van der Waals surface area (Å²) >= 11 is 0. The molecule has 0 aromatic heterocycles. The summed E-state index contributed by atoms with van der Waals surface area (Å²) in [4.78, 5) is 12.2. The van der Waals surface area contributed by atoms with Crippen molar-refractivity contribution in [1.29, 1.82) is 0 Å². The van der Waals surface area contributed by atoms with E-state index in [1.165, 1.54) is 44.6 Å². The zero-order valence-electron chi connectivity index (χ0n) is 13.2. The van der Waals surface area contributed by atoms with E-state index in [9.17, 15) is 9.18 Å². The molecule has 3 rings (SSSR count). The first-order chi connectivity index (χ1) is 11.6. The highest BCUT2D eigenvalue weighted by Gasteiger charge is 2.25. The van der Waals surface area contributed by atoms with Crippen LogP contribution in [0.15, 0.2) is 36.4 Å². The molecule has 0 amide bonds. The summed E-state index contributed by atoms with van der Waals surface area (Å²) in [6.07, 6.45) is 2.97. The Morgan fingerprint density at radius 2 is 1.83 bits per heavy atom. The molecule has 0 saturated heterocycles. The monoisotopic (exact) mass is 330 g/mol. The van der Waals surface area contributed by atoms with Crippen molar-refractivity contribution in [3.8, 4) is 23.0 Å². The van der Waals surface area contributed by atoms with Gasteiger partial charge in [0.2, 0.25) is 18.3 Å². The summed E-state index contributed by atoms with van der Waals surface area (Å²) in [6.45, 7) is 0.0938. The van der Waals surface area contributed by atoms with Crippen LogP contribution < -0.4 is 18.9 Å². The lowest BCUT2D eigenvalue weighted by atomic mass is 10.1. The Bertz CT molecular complexity index is 796. The summed E-state index contributed by atoms with van der Waals surface area (Å²) in [7, 11) is 3.00. The fourth-order valence-electron chi connectivity index (χ4n) is 2.41. The molecule has 0 aliphatic carbocycles. The fourth-order valence-corrected chi connectivity index (χ4v) is 2.41. The molecule has 2 aromatic rings. The van der Waals surface area contributed by atoms with Gasteiger partial charge in [0.25, 0.3) is 0 Å². The smallest absolute Gasteiger partial charge is 0.231 e. The van der Waals surface area contributed by atoms with Gasteiger partial charge in [-0.25, -0.2) is 4.39 Å². The predicted molar refractivity (Wildman–Crippen MR) is 85.4 cm³/mol. The van der Waals surface area contributed by atoms with E-state index < -0.39 is 5.82 Å². The minimum Gasteiger partial charge on any atom is -0.492 e. The molecule has 0 unspecified atom stereocenters. The molecule has 1 heterocycles. The summed E-state index contributed by atoms with van der Waals surface area (Å²) in [5.41, 5.74) is 0.994. The number of ketones is 1. The lowest BCUT2D eigenvalue weighted by Gasteiger charge is -2.12. The largest absolute Gasteiger partial charge is 0.492 e. The zero-order chi connectivity index (χ0) is 17.1. The van der Waals surface area contributed by atoms with Gasteiger partial charge in [0.15, 0.2) is 17.3 Å². The molecule has 0 radical (unpaired) electrons. The Hall–Kier alpha value is -3.02. The molecule has 1 aliphatic heterocycles. The Kier molecular flexibility index (Phi) is 4.37. The molecule has 124 valence electrons. The minimum atomic E-state index is -0.391. The number of carbonyl (C=O) groups excluding carboxylic acids is 1. The van der Waals surface area contributed by atoms with Crippen LogP contribution in [0.25, 0.3) is 6.08 Å². The fraction of sp³-hybridized carbons (Fsp3) is 0.167. The predicted octanol–water partition coefficient (Wildman–Crippen LogP) is 3.47. The average molecular weight is 330 g/mol. The van der Waals surface area contributed by atoms with E-state index in [1.807, 2.05) is 0 Å². The molecular formula is C18H15FO5. The van der Waals surface area contributed by atoms with Crippen LogP contribution >= 0.6 is 0 Å². The molecule has 0 atom stereocenters. The van der Waals surface area contributed by atoms with Crippen molar-refractivity contribution >= 4 is 11.9 Å². The zero-order valence-corrected chi connectivity index (χ0v) is 13.2. The highest BCUT2D eigenvalue weighted by molar-refractivity contribution is 6.07. The maximum absolute atomic E-state index is 12.9. The van der Waals surface area contributed by atoms with Crippen molar-refractivity contribution in [3.05, 3.63) is 53.4 Å². The number of halogens is 1. The van der Waals surface area contributed by atoms with E-state index in [4.69, 9.17) is 18.9 Å². The van der Waals surface area contributed by atoms with Gasteiger partial charge in [0.05, 0.1) is 14.2 Å². The van der Waals surface area contributed by atoms with Crippen LogP contribution in [0, 0.1) is 5.82 Å². The molecular weight excluding hydrogens is 315 g/mol. The number of ether oxygens (including phenoxy) is 4. The first-order valence-corrected chi connectivity index (χ1v) is 7.16. The maximum Gasteiger partial charge on any atom is 0.231 e. The third-order valence-corrected chi connectivity index (χ3v) is 3.55. The van der Waals surface area contributed by atoms with Crippen molar-refractivity contribution in [1.82, 2.24) is 0 Å². The minimum absolute atomic E-state index is 0.0938. The number of carbonyl (C=O) groups is 1. The molecule has 6 heteroatoms. The molecule has 0 fully saturated rings. The van der Waals surface area contributed by atoms with Crippen molar-refractivity contribution in [2.24, 2.45) is 0 Å². The second kappa shape index (κ2) is 6.62. The van der Waals surface area contributed by atoms with Gasteiger partial charge in [-0.1, -0.05) is 0 Å². The average Bonchev–Trinajstić information content (AvgIpc) is 3.06. The molecule has 5 nitrogen and oxygen atoms in total. The van der Waals surface area contributed by atoms with Gasteiger partial charge in [-0.15, -0.1) is 0 Å². The lowest BCUT2D eigenvalue weighted by Crippen LogP contribution is -1.97. The number of fused-ring (bicyclic) bond motifs is 1. The first-order valence-electron chi connectivity index (χ1n) is 7.16. The molecule has 0 N–H and O–H groups in total. The molecule has 0 spiro atoms. The van der Waals surface area contributed by atoms with E-state index >= 15 is 0 Å². The van der Waals surface area contributed by atoms with E-state index in [-0.39, 0.29) is 12.6 Å². The van der Waals surface area contributed by atoms with E-state index in [2.05, 4.69) is 0 Å². The first kappa shape index (κ1) is 15.9. The summed E-state index contributed by atoms with van der Waals surface area (Å²) in [5, 5.41) is 0. The summed E-state index contributed by atoms with van der Waals surface area (Å²) < 4.78 is 34.4. The van der Waals surface area contributed by atoms with Gasteiger partial charge >= 0.3 is 0 Å². The number of allylic oxidation sites excluding steroid dienone is 1. The number of hydrogen-bond acceptors (Lipinski definition) is 5. The van der Waals surface area contributed by atoms with Gasteiger partial charge in [-0.2, -0.15) is 0 Å². The molecule has 0 bridgehead atoms. The Balaban J connectivity index is 1.94. The van der Waals surface area contributed by atoms with Crippen LogP contribution in [-0.2, 0) is 0 Å². The summed E-state index contributed by atoms with van der Waals surface area (Å²) in [5.74, 6) is 1.18. The third-order valence-electron chi connectivity index (χ3n) is 3.55. The van der Waals surface area contributed by atoms with Gasteiger partial charge < -0.3 is 18.9 Å². The topological polar surface area (TPSA) is 54.0 Å². The van der Waals surface area contributed by atoms with Gasteiger partial charge in [0.1, 0.15) is 5.82 Å². The lowest BCUT2D eigenvalue weighted by molar-refractivity contribution is 0.104. The molecule has 2 aromatic carbocycles. The van der Waals surface area contributed by atoms with Crippen LogP contribution in [0.2, 0.25) is 0 Å². The number of hydrogen-bond donors (Lipinski definition) is 0. The summed E-state index contributed by atoms with van der Waals surface area (Å²) in [6, 6.07) is 7.05. The van der Waals surface area contributed by atoms with E-state index in [1.54, 1.807) is 12.1 Å². The molecule has 24 heavy (non-hydrogen) atoms. The standard InChI is InChI=1S/C18H15FO5/c1-21-16-12(9-15-17(18(16)22-2)24-10-23-15)5-8-14(20)11-3-6-13(19)7-4-11/h3-9H,10H2,1-2H3. The second-order valence-corrected chi connectivity index (χ2v) is 4.97. The Morgan fingerprint density at radius 1 is 1.12 bits per heavy atom. The van der Waals surface area contributed by atoms with E-state index in [0.717, 1.165) is 0 Å². The van der Waals surface area contributed by atoms with Crippen molar-refractivity contribution < 1.29 is 28.1 Å². The maximum atomic E-state index is 12.9. The quantitative estimate of drug-likeness (QED) is 0.621. The molecule has 0 saturated carbocycles.